The van der Waals surface area contributed by atoms with Crippen molar-refractivity contribution < 1.29 is 10.2 Å². The molecule has 19 heavy (non-hydrogen) atoms. The van der Waals surface area contributed by atoms with Gasteiger partial charge >= 0.3 is 0 Å². The molecule has 1 aliphatic rings. The third kappa shape index (κ3) is 3.63. The molecule has 3 heteroatoms. The van der Waals surface area contributed by atoms with E-state index in [4.69, 9.17) is 0 Å². The summed E-state index contributed by atoms with van der Waals surface area (Å²) in [4.78, 5) is 0. The molecule has 0 radical (unpaired) electrons. The predicted octanol–water partition coefficient (Wildman–Crippen LogP) is 3.72. The molecule has 0 amide bonds. The second-order valence-corrected chi connectivity index (χ2v) is 6.22. The molecule has 106 valence electrons. The molecule has 1 unspecified atom stereocenters. The predicted molar refractivity (Wildman–Crippen MR) is 77.4 cm³/mol. The van der Waals surface area contributed by atoms with Gasteiger partial charge in [-0.1, -0.05) is 26.2 Å². The van der Waals surface area contributed by atoms with Crippen LogP contribution in [-0.4, -0.2) is 16.8 Å². The molecule has 0 bridgehead atoms. The zero-order valence-corrected chi connectivity index (χ0v) is 11.9. The van der Waals surface area contributed by atoms with Gasteiger partial charge in [0.1, 0.15) is 11.5 Å². The van der Waals surface area contributed by atoms with E-state index in [0.29, 0.717) is 5.41 Å². The monoisotopic (exact) mass is 263 g/mol. The van der Waals surface area contributed by atoms with Crippen LogP contribution in [0.25, 0.3) is 0 Å². The summed E-state index contributed by atoms with van der Waals surface area (Å²) in [7, 11) is 0. The summed E-state index contributed by atoms with van der Waals surface area (Å²) in [6.07, 6.45) is 6.56. The summed E-state index contributed by atoms with van der Waals surface area (Å²) in [5.74, 6) is 0.442. The molecule has 2 rings (SSSR count). The van der Waals surface area contributed by atoms with E-state index in [9.17, 15) is 10.2 Å². The molecule has 1 saturated carbocycles. The van der Waals surface area contributed by atoms with Crippen LogP contribution in [0, 0.1) is 5.41 Å². The number of aromatic hydroxyl groups is 2. The Balaban J connectivity index is 1.97. The van der Waals surface area contributed by atoms with Crippen LogP contribution in [0.15, 0.2) is 18.2 Å². The van der Waals surface area contributed by atoms with E-state index in [2.05, 4.69) is 12.2 Å². The third-order valence-electron chi connectivity index (χ3n) is 4.37. The van der Waals surface area contributed by atoms with E-state index < -0.39 is 0 Å². The summed E-state index contributed by atoms with van der Waals surface area (Å²) in [6, 6.07) is 4.74. The molecule has 3 nitrogen and oxygen atoms in total. The van der Waals surface area contributed by atoms with Crippen LogP contribution in [-0.2, 0) is 0 Å². The van der Waals surface area contributed by atoms with Gasteiger partial charge in [0, 0.05) is 18.2 Å². The summed E-state index contributed by atoms with van der Waals surface area (Å²) in [5, 5.41) is 22.9. The molecular weight excluding hydrogens is 238 g/mol. The van der Waals surface area contributed by atoms with Crippen molar-refractivity contribution in [1.82, 2.24) is 5.32 Å². The van der Waals surface area contributed by atoms with Crippen molar-refractivity contribution >= 4 is 0 Å². The number of hydrogen-bond acceptors (Lipinski definition) is 3. The van der Waals surface area contributed by atoms with Gasteiger partial charge in [0.2, 0.25) is 0 Å². The lowest BCUT2D eigenvalue weighted by Crippen LogP contribution is -2.35. The maximum Gasteiger partial charge on any atom is 0.120 e. The van der Waals surface area contributed by atoms with E-state index in [1.165, 1.54) is 38.2 Å². The summed E-state index contributed by atoms with van der Waals surface area (Å²) in [6.45, 7) is 5.33. The fraction of sp³-hybridized carbons (Fsp3) is 0.625. The number of phenols is 2. The minimum Gasteiger partial charge on any atom is -0.508 e. The standard InChI is InChI=1S/C16H25NO2/c1-12(14-10-13(18)6-7-15(14)19)17-11-16(2)8-4-3-5-9-16/h6-7,10,12,17-19H,3-5,8-9,11H2,1-2H3. The minimum absolute atomic E-state index is 0.0471. The fourth-order valence-electron chi connectivity index (χ4n) is 2.98. The fourth-order valence-corrected chi connectivity index (χ4v) is 2.98. The summed E-state index contributed by atoms with van der Waals surface area (Å²) >= 11 is 0. The van der Waals surface area contributed by atoms with Crippen molar-refractivity contribution in [3.8, 4) is 11.5 Å². The average Bonchev–Trinajstić information content (AvgIpc) is 2.40. The second kappa shape index (κ2) is 5.83. The van der Waals surface area contributed by atoms with Gasteiger partial charge in [-0.2, -0.15) is 0 Å². The van der Waals surface area contributed by atoms with Gasteiger partial charge in [-0.25, -0.2) is 0 Å². The van der Waals surface area contributed by atoms with Crippen molar-refractivity contribution in [3.05, 3.63) is 23.8 Å². The molecule has 0 aromatic heterocycles. The molecule has 1 atom stereocenters. The molecule has 1 aromatic carbocycles. The number of nitrogens with one attached hydrogen (secondary N) is 1. The number of benzene rings is 1. The first-order chi connectivity index (χ1) is 9.00. The Hall–Kier alpha value is -1.22. The summed E-state index contributed by atoms with van der Waals surface area (Å²) in [5.41, 5.74) is 1.14. The number of hydrogen-bond donors (Lipinski definition) is 3. The van der Waals surface area contributed by atoms with Crippen molar-refractivity contribution in [3.63, 3.8) is 0 Å². The quantitative estimate of drug-likeness (QED) is 0.726. The minimum atomic E-state index is 0.0471. The van der Waals surface area contributed by atoms with Gasteiger partial charge in [0.15, 0.2) is 0 Å². The van der Waals surface area contributed by atoms with Crippen LogP contribution in [0.2, 0.25) is 0 Å². The van der Waals surface area contributed by atoms with E-state index in [-0.39, 0.29) is 17.5 Å². The highest BCUT2D eigenvalue weighted by molar-refractivity contribution is 5.40. The molecule has 3 N–H and O–H groups in total. The lowest BCUT2D eigenvalue weighted by molar-refractivity contribution is 0.201. The first-order valence-electron chi connectivity index (χ1n) is 7.25. The van der Waals surface area contributed by atoms with Crippen LogP contribution in [0.3, 0.4) is 0 Å². The van der Waals surface area contributed by atoms with Crippen molar-refractivity contribution in [2.45, 2.75) is 52.0 Å². The highest BCUT2D eigenvalue weighted by Crippen LogP contribution is 2.36. The van der Waals surface area contributed by atoms with E-state index in [1.54, 1.807) is 12.1 Å². The Kier molecular flexibility index (Phi) is 4.35. The van der Waals surface area contributed by atoms with Gasteiger partial charge in [0.05, 0.1) is 0 Å². The number of phenolic OH excluding ortho intramolecular Hbond substituents is 2. The third-order valence-corrected chi connectivity index (χ3v) is 4.37. The number of rotatable bonds is 4. The second-order valence-electron chi connectivity index (χ2n) is 6.22. The largest absolute Gasteiger partial charge is 0.508 e. The lowest BCUT2D eigenvalue weighted by Gasteiger charge is -2.35. The zero-order chi connectivity index (χ0) is 13.9. The maximum absolute atomic E-state index is 9.86. The Labute approximate surface area is 115 Å². The van der Waals surface area contributed by atoms with Crippen LogP contribution in [0.1, 0.15) is 57.6 Å². The lowest BCUT2D eigenvalue weighted by atomic mass is 9.75. The maximum atomic E-state index is 9.86. The van der Waals surface area contributed by atoms with E-state index in [0.717, 1.165) is 12.1 Å². The Morgan fingerprint density at radius 2 is 1.89 bits per heavy atom. The van der Waals surface area contributed by atoms with E-state index in [1.807, 2.05) is 6.92 Å². The highest BCUT2D eigenvalue weighted by atomic mass is 16.3. The van der Waals surface area contributed by atoms with Crippen molar-refractivity contribution in [2.24, 2.45) is 5.41 Å². The van der Waals surface area contributed by atoms with Gasteiger partial charge < -0.3 is 15.5 Å². The molecule has 0 aliphatic heterocycles. The van der Waals surface area contributed by atoms with Gasteiger partial charge in [-0.05, 0) is 43.4 Å². The SMILES string of the molecule is CC(NCC1(C)CCCCC1)c1cc(O)ccc1O. The first kappa shape index (κ1) is 14.2. The van der Waals surface area contributed by atoms with Crippen molar-refractivity contribution in [1.29, 1.82) is 0 Å². The average molecular weight is 263 g/mol. The Morgan fingerprint density at radius 3 is 2.58 bits per heavy atom. The van der Waals surface area contributed by atoms with Gasteiger partial charge in [0.25, 0.3) is 0 Å². The normalized spacial score (nSPS) is 20.1. The van der Waals surface area contributed by atoms with Crippen LogP contribution >= 0.6 is 0 Å². The van der Waals surface area contributed by atoms with Crippen LogP contribution < -0.4 is 5.32 Å². The molecule has 1 aromatic rings. The van der Waals surface area contributed by atoms with E-state index >= 15 is 0 Å². The smallest absolute Gasteiger partial charge is 0.120 e. The van der Waals surface area contributed by atoms with Gasteiger partial charge in [-0.15, -0.1) is 0 Å². The first-order valence-corrected chi connectivity index (χ1v) is 7.25. The molecule has 0 heterocycles. The topological polar surface area (TPSA) is 52.5 Å². The highest BCUT2D eigenvalue weighted by Gasteiger charge is 2.27. The molecule has 1 aliphatic carbocycles. The van der Waals surface area contributed by atoms with Crippen LogP contribution in [0.5, 0.6) is 11.5 Å². The zero-order valence-electron chi connectivity index (χ0n) is 11.9. The van der Waals surface area contributed by atoms with Crippen molar-refractivity contribution in [2.75, 3.05) is 6.54 Å². The molecule has 1 fully saturated rings. The molecular formula is C16H25NO2. The summed E-state index contributed by atoms with van der Waals surface area (Å²) < 4.78 is 0. The molecule has 0 spiro atoms. The Bertz CT molecular complexity index is 425. The Morgan fingerprint density at radius 1 is 1.21 bits per heavy atom. The molecule has 0 saturated heterocycles. The van der Waals surface area contributed by atoms with Gasteiger partial charge in [-0.3, -0.25) is 0 Å². The van der Waals surface area contributed by atoms with Crippen LogP contribution in [0.4, 0.5) is 0 Å².